The third kappa shape index (κ3) is 5.12. The predicted octanol–water partition coefficient (Wildman–Crippen LogP) is 4.48. The Morgan fingerprint density at radius 1 is 1.24 bits per heavy atom. The smallest absolute Gasteiger partial charge is 0.214 e. The standard InChI is InChI=1S/C17H25ClN4O2S/c1-4-7-15-20-21-17(25)22(15)19-11-12-9-13(18)16(24-8-5-2)14(10-12)23-6-3/h9-10,19H,4-8,11H2,1-3H3,(H,21,25). The van der Waals surface area contributed by atoms with Gasteiger partial charge in [-0.25, -0.2) is 4.68 Å². The second kappa shape index (κ2) is 9.68. The minimum atomic E-state index is 0.540. The molecule has 2 N–H and O–H groups in total. The molecule has 0 radical (unpaired) electrons. The molecule has 0 aliphatic heterocycles. The van der Waals surface area contributed by atoms with Crippen molar-refractivity contribution in [1.29, 1.82) is 0 Å². The normalized spacial score (nSPS) is 10.7. The van der Waals surface area contributed by atoms with E-state index in [-0.39, 0.29) is 0 Å². The van der Waals surface area contributed by atoms with Crippen LogP contribution in [0.4, 0.5) is 0 Å². The van der Waals surface area contributed by atoms with Crippen LogP contribution in [-0.4, -0.2) is 28.1 Å². The van der Waals surface area contributed by atoms with Crippen molar-refractivity contribution in [3.63, 3.8) is 0 Å². The van der Waals surface area contributed by atoms with Crippen LogP contribution in [-0.2, 0) is 13.0 Å². The molecule has 0 aliphatic rings. The van der Waals surface area contributed by atoms with Crippen LogP contribution in [0.1, 0.15) is 45.0 Å². The molecule has 0 fully saturated rings. The van der Waals surface area contributed by atoms with Gasteiger partial charge in [-0.1, -0.05) is 25.4 Å². The average Bonchev–Trinajstić information content (AvgIpc) is 2.93. The second-order valence-corrected chi connectivity index (χ2v) is 6.35. The van der Waals surface area contributed by atoms with Crippen LogP contribution >= 0.6 is 23.8 Å². The zero-order chi connectivity index (χ0) is 18.2. The van der Waals surface area contributed by atoms with Crippen molar-refractivity contribution in [2.75, 3.05) is 18.6 Å². The van der Waals surface area contributed by atoms with Crippen LogP contribution in [0.15, 0.2) is 12.1 Å². The number of ether oxygens (including phenoxy) is 2. The lowest BCUT2D eigenvalue weighted by molar-refractivity contribution is 0.277. The van der Waals surface area contributed by atoms with E-state index in [0.29, 0.717) is 41.1 Å². The van der Waals surface area contributed by atoms with E-state index in [9.17, 15) is 0 Å². The van der Waals surface area contributed by atoms with Crippen molar-refractivity contribution in [3.05, 3.63) is 33.3 Å². The molecule has 0 aliphatic carbocycles. The van der Waals surface area contributed by atoms with Crippen LogP contribution in [0.3, 0.4) is 0 Å². The number of aromatic nitrogens is 3. The fourth-order valence-corrected chi connectivity index (χ4v) is 2.89. The third-order valence-corrected chi connectivity index (χ3v) is 4.03. The van der Waals surface area contributed by atoms with Crippen molar-refractivity contribution in [2.45, 2.75) is 46.6 Å². The van der Waals surface area contributed by atoms with Crippen molar-refractivity contribution in [3.8, 4) is 11.5 Å². The van der Waals surface area contributed by atoms with Gasteiger partial charge in [-0.15, -0.1) is 0 Å². The van der Waals surface area contributed by atoms with Crippen LogP contribution in [0, 0.1) is 4.77 Å². The summed E-state index contributed by atoms with van der Waals surface area (Å²) >= 11 is 11.7. The van der Waals surface area contributed by atoms with Crippen LogP contribution in [0.5, 0.6) is 11.5 Å². The third-order valence-electron chi connectivity index (χ3n) is 3.48. The Kier molecular flexibility index (Phi) is 7.58. The summed E-state index contributed by atoms with van der Waals surface area (Å²) in [7, 11) is 0. The Morgan fingerprint density at radius 3 is 2.72 bits per heavy atom. The first-order valence-corrected chi connectivity index (χ1v) is 9.37. The van der Waals surface area contributed by atoms with Gasteiger partial charge < -0.3 is 14.9 Å². The van der Waals surface area contributed by atoms with E-state index in [2.05, 4.69) is 29.5 Å². The Morgan fingerprint density at radius 2 is 2.04 bits per heavy atom. The molecule has 138 valence electrons. The number of aromatic amines is 1. The lowest BCUT2D eigenvalue weighted by atomic mass is 10.2. The summed E-state index contributed by atoms with van der Waals surface area (Å²) in [5, 5.41) is 7.60. The monoisotopic (exact) mass is 384 g/mol. The van der Waals surface area contributed by atoms with Gasteiger partial charge in [0.1, 0.15) is 0 Å². The van der Waals surface area contributed by atoms with E-state index >= 15 is 0 Å². The number of nitrogens with zero attached hydrogens (tertiary/aromatic N) is 2. The molecule has 8 heteroatoms. The van der Waals surface area contributed by atoms with Gasteiger partial charge in [-0.05, 0) is 49.7 Å². The number of hydrogen-bond donors (Lipinski definition) is 2. The van der Waals surface area contributed by atoms with E-state index in [1.54, 1.807) is 4.68 Å². The molecule has 6 nitrogen and oxygen atoms in total. The molecule has 2 rings (SSSR count). The second-order valence-electron chi connectivity index (χ2n) is 5.55. The SMILES string of the molecule is CCCOc1c(Cl)cc(CNn2c(CCC)n[nH]c2=S)cc1OCC. The summed E-state index contributed by atoms with van der Waals surface area (Å²) in [6, 6.07) is 3.82. The maximum absolute atomic E-state index is 6.40. The maximum Gasteiger partial charge on any atom is 0.214 e. The van der Waals surface area contributed by atoms with Crippen LogP contribution in [0.25, 0.3) is 0 Å². The summed E-state index contributed by atoms with van der Waals surface area (Å²) in [6.07, 6.45) is 2.74. The minimum Gasteiger partial charge on any atom is -0.490 e. The molecule has 0 bridgehead atoms. The molecule has 0 saturated carbocycles. The lowest BCUT2D eigenvalue weighted by Crippen LogP contribution is -2.17. The highest BCUT2D eigenvalue weighted by Gasteiger charge is 2.13. The molecule has 0 atom stereocenters. The Labute approximate surface area is 158 Å². The summed E-state index contributed by atoms with van der Waals surface area (Å²) < 4.78 is 13.8. The number of halogens is 1. The number of H-pyrrole nitrogens is 1. The van der Waals surface area contributed by atoms with E-state index in [1.165, 1.54) is 0 Å². The molecular formula is C17H25ClN4O2S. The van der Waals surface area contributed by atoms with E-state index in [0.717, 1.165) is 30.7 Å². The van der Waals surface area contributed by atoms with Gasteiger partial charge in [-0.2, -0.15) is 5.10 Å². The Balaban J connectivity index is 2.19. The zero-order valence-electron chi connectivity index (χ0n) is 14.9. The van der Waals surface area contributed by atoms with Gasteiger partial charge in [0.05, 0.1) is 24.8 Å². The van der Waals surface area contributed by atoms with E-state index < -0.39 is 0 Å². The molecule has 25 heavy (non-hydrogen) atoms. The molecule has 0 unspecified atom stereocenters. The van der Waals surface area contributed by atoms with Gasteiger partial charge in [0.25, 0.3) is 0 Å². The molecule has 0 spiro atoms. The average molecular weight is 385 g/mol. The maximum atomic E-state index is 6.40. The molecule has 1 aromatic carbocycles. The molecule has 2 aromatic rings. The van der Waals surface area contributed by atoms with Gasteiger partial charge in [0.15, 0.2) is 17.3 Å². The highest BCUT2D eigenvalue weighted by atomic mass is 35.5. The Hall–Kier alpha value is -1.73. The van der Waals surface area contributed by atoms with Gasteiger partial charge in [-0.3, -0.25) is 5.10 Å². The van der Waals surface area contributed by atoms with Gasteiger partial charge in [0, 0.05) is 6.42 Å². The van der Waals surface area contributed by atoms with Crippen LogP contribution < -0.4 is 14.9 Å². The minimum absolute atomic E-state index is 0.540. The summed E-state index contributed by atoms with van der Waals surface area (Å²) in [4.78, 5) is 0. The number of rotatable bonds is 10. The molecule has 1 aromatic heterocycles. The number of aryl methyl sites for hydroxylation is 1. The summed E-state index contributed by atoms with van der Waals surface area (Å²) in [6.45, 7) is 7.77. The molecule has 0 saturated heterocycles. The highest BCUT2D eigenvalue weighted by molar-refractivity contribution is 7.71. The quantitative estimate of drug-likeness (QED) is 0.591. The van der Waals surface area contributed by atoms with Crippen molar-refractivity contribution in [1.82, 2.24) is 14.9 Å². The lowest BCUT2D eigenvalue weighted by Gasteiger charge is -2.16. The first-order chi connectivity index (χ1) is 12.1. The van der Waals surface area contributed by atoms with Crippen LogP contribution in [0.2, 0.25) is 5.02 Å². The highest BCUT2D eigenvalue weighted by Crippen LogP contribution is 2.36. The van der Waals surface area contributed by atoms with E-state index in [4.69, 9.17) is 33.3 Å². The number of hydrogen-bond acceptors (Lipinski definition) is 5. The molecular weight excluding hydrogens is 360 g/mol. The summed E-state index contributed by atoms with van der Waals surface area (Å²) in [5.74, 6) is 2.14. The zero-order valence-corrected chi connectivity index (χ0v) is 16.5. The van der Waals surface area contributed by atoms with E-state index in [1.807, 2.05) is 19.1 Å². The first kappa shape index (κ1) is 19.6. The predicted molar refractivity (Wildman–Crippen MR) is 103 cm³/mol. The number of nitrogens with one attached hydrogen (secondary N) is 2. The summed E-state index contributed by atoms with van der Waals surface area (Å²) in [5.41, 5.74) is 4.26. The van der Waals surface area contributed by atoms with Crippen molar-refractivity contribution >= 4 is 23.8 Å². The largest absolute Gasteiger partial charge is 0.490 e. The number of benzene rings is 1. The van der Waals surface area contributed by atoms with Crippen molar-refractivity contribution in [2.24, 2.45) is 0 Å². The van der Waals surface area contributed by atoms with Crippen molar-refractivity contribution < 1.29 is 9.47 Å². The molecule has 1 heterocycles. The fourth-order valence-electron chi connectivity index (χ4n) is 2.38. The first-order valence-electron chi connectivity index (χ1n) is 8.58. The topological polar surface area (TPSA) is 64.1 Å². The fraction of sp³-hybridized carbons (Fsp3) is 0.529. The Bertz CT molecular complexity index is 745. The molecule has 0 amide bonds. The van der Waals surface area contributed by atoms with Gasteiger partial charge >= 0.3 is 0 Å². The van der Waals surface area contributed by atoms with Gasteiger partial charge in [0.2, 0.25) is 4.77 Å².